The molecule has 0 spiro atoms. The van der Waals surface area contributed by atoms with Gasteiger partial charge < -0.3 is 20.7 Å². The molecule has 2 rings (SSSR count). The van der Waals surface area contributed by atoms with Crippen molar-refractivity contribution in [1.29, 1.82) is 0 Å². The Bertz CT molecular complexity index is 634. The number of hydrogen-bond acceptors (Lipinski definition) is 8. The summed E-state index contributed by atoms with van der Waals surface area (Å²) in [5.74, 6) is -0.640. The lowest BCUT2D eigenvalue weighted by atomic mass is 10.1. The van der Waals surface area contributed by atoms with E-state index < -0.39 is 38.3 Å². The maximum Gasteiger partial charge on any atom is 0.474 e. The summed E-state index contributed by atoms with van der Waals surface area (Å²) in [6, 6.07) is 3.06. The van der Waals surface area contributed by atoms with Gasteiger partial charge in [0.2, 0.25) is 0 Å². The second kappa shape index (κ2) is 7.66. The zero-order valence-corrected chi connectivity index (χ0v) is 14.0. The Morgan fingerprint density at radius 2 is 2.04 bits per heavy atom. The van der Waals surface area contributed by atoms with Crippen LogP contribution in [0, 0.1) is 0 Å². The Balaban J connectivity index is 2.11. The van der Waals surface area contributed by atoms with E-state index in [1.54, 1.807) is 12.3 Å². The van der Waals surface area contributed by atoms with Crippen molar-refractivity contribution in [2.24, 2.45) is 5.73 Å². The normalized spacial score (nSPS) is 27.3. The molecule has 134 valence electrons. The van der Waals surface area contributed by atoms with E-state index in [1.165, 1.54) is 16.8 Å². The van der Waals surface area contributed by atoms with Gasteiger partial charge in [-0.3, -0.25) is 18.4 Å². The molecule has 1 amide bonds. The van der Waals surface area contributed by atoms with Crippen LogP contribution in [0.15, 0.2) is 24.5 Å². The minimum atomic E-state index is -3.73. The van der Waals surface area contributed by atoms with Gasteiger partial charge in [0, 0.05) is 20.3 Å². The predicted molar refractivity (Wildman–Crippen MR) is 78.7 cm³/mol. The van der Waals surface area contributed by atoms with Gasteiger partial charge >= 0.3 is 7.82 Å². The Hall–Kier alpha value is -1.39. The zero-order chi connectivity index (χ0) is 17.9. The van der Waals surface area contributed by atoms with Gasteiger partial charge in [-0.05, 0) is 6.07 Å². The Morgan fingerprint density at radius 3 is 2.62 bits per heavy atom. The summed E-state index contributed by atoms with van der Waals surface area (Å²) in [6.07, 6.45) is -1.61. The zero-order valence-electron chi connectivity index (χ0n) is 13.1. The molecule has 24 heavy (non-hydrogen) atoms. The monoisotopic (exact) mass is 363 g/mol. The molecule has 1 saturated heterocycles. The fourth-order valence-corrected chi connectivity index (χ4v) is 2.94. The second-order valence-corrected chi connectivity index (χ2v) is 6.94. The number of carbonyl (C=O) groups excluding carboxylic acids is 1. The molecule has 11 heteroatoms. The summed E-state index contributed by atoms with van der Waals surface area (Å²) < 4.78 is 33.0. The summed E-state index contributed by atoms with van der Waals surface area (Å²) >= 11 is 0. The van der Waals surface area contributed by atoms with Crippen molar-refractivity contribution in [1.82, 2.24) is 0 Å². The van der Waals surface area contributed by atoms with Crippen LogP contribution in [-0.4, -0.2) is 55.3 Å². The highest BCUT2D eigenvalue weighted by Gasteiger charge is 2.49. The first-order valence-corrected chi connectivity index (χ1v) is 8.45. The van der Waals surface area contributed by atoms with Crippen LogP contribution in [-0.2, 0) is 22.9 Å². The molecule has 0 aliphatic carbocycles. The van der Waals surface area contributed by atoms with Crippen LogP contribution in [0.25, 0.3) is 0 Å². The number of rotatable bonds is 7. The maximum atomic E-state index is 11.8. The molecule has 4 atom stereocenters. The highest BCUT2D eigenvalue weighted by molar-refractivity contribution is 7.48. The van der Waals surface area contributed by atoms with Gasteiger partial charge in [-0.15, -0.1) is 0 Å². The third kappa shape index (κ3) is 3.98. The molecule has 1 aromatic rings. The number of amides is 1. The number of nitrogens with two attached hydrogens (primary N) is 1. The van der Waals surface area contributed by atoms with E-state index in [2.05, 4.69) is 9.05 Å². The summed E-state index contributed by atoms with van der Waals surface area (Å²) in [7, 11) is -1.43. The highest BCUT2D eigenvalue weighted by Crippen LogP contribution is 2.48. The molecular formula is C13H20N2O8P+. The summed E-state index contributed by atoms with van der Waals surface area (Å²) in [6.45, 7) is -0.330. The van der Waals surface area contributed by atoms with E-state index in [1.807, 2.05) is 0 Å². The molecule has 0 aromatic carbocycles. The molecule has 0 bridgehead atoms. The lowest BCUT2D eigenvalue weighted by Gasteiger charge is -2.17. The van der Waals surface area contributed by atoms with Crippen molar-refractivity contribution in [3.63, 3.8) is 0 Å². The van der Waals surface area contributed by atoms with Crippen molar-refractivity contribution in [2.45, 2.75) is 24.5 Å². The number of ether oxygens (including phenoxy) is 1. The summed E-state index contributed by atoms with van der Waals surface area (Å²) in [4.78, 5) is 11.2. The average Bonchev–Trinajstić information content (AvgIpc) is 2.88. The molecule has 1 aliphatic heterocycles. The van der Waals surface area contributed by atoms with Crippen LogP contribution in [0.1, 0.15) is 16.6 Å². The van der Waals surface area contributed by atoms with Crippen LogP contribution in [0.2, 0.25) is 0 Å². The van der Waals surface area contributed by atoms with Gasteiger partial charge in [0.05, 0.1) is 6.61 Å². The molecule has 0 saturated carbocycles. The fraction of sp³-hybridized carbons (Fsp3) is 0.538. The topological polar surface area (TPSA) is 141 Å². The fourth-order valence-electron chi connectivity index (χ4n) is 2.25. The number of primary amides is 1. The third-order valence-corrected chi connectivity index (χ3v) is 4.94. The van der Waals surface area contributed by atoms with Gasteiger partial charge in [-0.1, -0.05) is 0 Å². The molecule has 10 nitrogen and oxygen atoms in total. The van der Waals surface area contributed by atoms with Crippen molar-refractivity contribution < 1.29 is 42.4 Å². The second-order valence-electron chi connectivity index (χ2n) is 5.06. The van der Waals surface area contributed by atoms with Gasteiger partial charge in [-0.25, -0.2) is 4.57 Å². The van der Waals surface area contributed by atoms with E-state index in [0.29, 0.717) is 0 Å². The molecule has 0 unspecified atom stereocenters. The highest BCUT2D eigenvalue weighted by atomic mass is 31.2. The van der Waals surface area contributed by atoms with E-state index in [-0.39, 0.29) is 12.2 Å². The number of aliphatic hydroxyl groups is 2. The van der Waals surface area contributed by atoms with Gasteiger partial charge in [0.15, 0.2) is 18.5 Å². The van der Waals surface area contributed by atoms with Gasteiger partial charge in [0.1, 0.15) is 17.8 Å². The summed E-state index contributed by atoms with van der Waals surface area (Å²) in [5.41, 5.74) is 5.43. The lowest BCUT2D eigenvalue weighted by Crippen LogP contribution is -2.46. The minimum Gasteiger partial charge on any atom is -0.387 e. The van der Waals surface area contributed by atoms with Crippen LogP contribution >= 0.6 is 7.82 Å². The lowest BCUT2D eigenvalue weighted by molar-refractivity contribution is -0.765. The first-order chi connectivity index (χ1) is 11.3. The summed E-state index contributed by atoms with van der Waals surface area (Å²) in [5, 5.41) is 20.2. The van der Waals surface area contributed by atoms with Crippen molar-refractivity contribution in [3.8, 4) is 0 Å². The molecule has 0 radical (unpaired) electrons. The molecular weight excluding hydrogens is 343 g/mol. The molecule has 1 aliphatic rings. The van der Waals surface area contributed by atoms with Crippen molar-refractivity contribution in [3.05, 3.63) is 30.1 Å². The number of aliphatic hydroxyl groups excluding tert-OH is 2. The van der Waals surface area contributed by atoms with Gasteiger partial charge in [-0.2, -0.15) is 4.57 Å². The Kier molecular flexibility index (Phi) is 6.05. The number of pyridine rings is 1. The largest absolute Gasteiger partial charge is 0.474 e. The van der Waals surface area contributed by atoms with E-state index in [4.69, 9.17) is 15.0 Å². The SMILES string of the molecule is COP(=O)(OC)OC[C@H]1O[C@@H]([n+]2cccc(C(N)=O)c2)[C@H](O)[C@@H]1O. The Labute approximate surface area is 138 Å². The van der Waals surface area contributed by atoms with Crippen molar-refractivity contribution in [2.75, 3.05) is 20.8 Å². The number of carbonyl (C=O) groups is 1. The predicted octanol–water partition coefficient (Wildman–Crippen LogP) is -0.890. The number of phosphoric acid groups is 1. The average molecular weight is 363 g/mol. The van der Waals surface area contributed by atoms with Crippen LogP contribution in [0.4, 0.5) is 0 Å². The Morgan fingerprint density at radius 1 is 1.38 bits per heavy atom. The molecule has 1 fully saturated rings. The van der Waals surface area contributed by atoms with E-state index in [9.17, 15) is 19.6 Å². The standard InChI is InChI=1S/C13H19N2O8P/c1-20-24(19,21-2)22-7-9-10(16)11(17)13(23-9)15-5-3-4-8(6-15)12(14)18/h3-6,9-11,13,16-17H,7H2,1-2H3,(H-,14,18)/p+1/t9-,10-,11-,13-/m1/s1. The molecule has 1 aromatic heterocycles. The maximum absolute atomic E-state index is 11.8. The third-order valence-electron chi connectivity index (χ3n) is 3.58. The number of aromatic nitrogens is 1. The number of hydrogen-bond donors (Lipinski definition) is 3. The number of nitrogens with zero attached hydrogens (tertiary/aromatic N) is 1. The number of phosphoric ester groups is 1. The minimum absolute atomic E-state index is 0.214. The van der Waals surface area contributed by atoms with Crippen molar-refractivity contribution >= 4 is 13.7 Å². The van der Waals surface area contributed by atoms with Crippen LogP contribution in [0.3, 0.4) is 0 Å². The first kappa shape index (κ1) is 18.9. The van der Waals surface area contributed by atoms with E-state index >= 15 is 0 Å². The molecule has 2 heterocycles. The first-order valence-electron chi connectivity index (χ1n) is 6.99. The van der Waals surface area contributed by atoms with Gasteiger partial charge in [0.25, 0.3) is 12.1 Å². The quantitative estimate of drug-likeness (QED) is 0.418. The van der Waals surface area contributed by atoms with Crippen LogP contribution in [0.5, 0.6) is 0 Å². The van der Waals surface area contributed by atoms with Crippen LogP contribution < -0.4 is 10.3 Å². The van der Waals surface area contributed by atoms with E-state index in [0.717, 1.165) is 14.2 Å². The molecule has 4 N–H and O–H groups in total. The smallest absolute Gasteiger partial charge is 0.387 e.